The van der Waals surface area contributed by atoms with E-state index in [1.54, 1.807) is 22.1 Å². The van der Waals surface area contributed by atoms with E-state index >= 15 is 0 Å². The van der Waals surface area contributed by atoms with Gasteiger partial charge in [0.05, 0.1) is 33.4 Å². The first-order chi connectivity index (χ1) is 17.6. The van der Waals surface area contributed by atoms with Crippen LogP contribution in [-0.4, -0.2) is 32.3 Å². The number of hydrogen-bond donors (Lipinski definition) is 2. The van der Waals surface area contributed by atoms with Gasteiger partial charge in [0.2, 0.25) is 5.91 Å². The molecule has 2 aromatic heterocycles. The maximum Gasteiger partial charge on any atom is 0.416 e. The number of benzene rings is 2. The molecule has 2 aromatic carbocycles. The lowest BCUT2D eigenvalue weighted by Gasteiger charge is -2.13. The molecule has 0 radical (unpaired) electrons. The summed E-state index contributed by atoms with van der Waals surface area (Å²) >= 11 is 8.34. The molecule has 4 rings (SSSR count). The molecule has 0 spiro atoms. The van der Waals surface area contributed by atoms with Crippen molar-refractivity contribution in [2.24, 2.45) is 0 Å². The summed E-state index contributed by atoms with van der Waals surface area (Å²) in [6.07, 6.45) is -4.57. The highest BCUT2D eigenvalue weighted by Crippen LogP contribution is 2.34. The van der Waals surface area contributed by atoms with Crippen molar-refractivity contribution in [3.05, 3.63) is 86.8 Å². The molecule has 0 saturated heterocycles. The molecule has 0 bridgehead atoms. The van der Waals surface area contributed by atoms with Gasteiger partial charge >= 0.3 is 6.18 Å². The second-order valence-corrected chi connectivity index (χ2v) is 10.1. The van der Waals surface area contributed by atoms with Gasteiger partial charge in [-0.05, 0) is 54.3 Å². The van der Waals surface area contributed by atoms with Crippen LogP contribution in [0.2, 0.25) is 5.02 Å². The minimum Gasteiger partial charge on any atom is -0.344 e. The first kappa shape index (κ1) is 26.7. The van der Waals surface area contributed by atoms with Crippen LogP contribution in [0.15, 0.2) is 65.1 Å². The number of thiophene rings is 1. The predicted molar refractivity (Wildman–Crippen MR) is 137 cm³/mol. The van der Waals surface area contributed by atoms with Crippen molar-refractivity contribution < 1.29 is 22.8 Å². The Balaban J connectivity index is 1.51. The number of carbonyl (C=O) groups excluding carboxylic acids is 2. The number of aromatic nitrogens is 3. The topological polar surface area (TPSA) is 88.9 Å². The largest absolute Gasteiger partial charge is 0.416 e. The van der Waals surface area contributed by atoms with Crippen LogP contribution in [0, 0.1) is 6.92 Å². The van der Waals surface area contributed by atoms with Crippen LogP contribution >= 0.6 is 34.7 Å². The summed E-state index contributed by atoms with van der Waals surface area (Å²) in [7, 11) is 0. The number of hydrogen-bond acceptors (Lipinski definition) is 6. The number of anilines is 1. The minimum atomic E-state index is -4.57. The number of alkyl halides is 3. The molecule has 0 saturated carbocycles. The van der Waals surface area contributed by atoms with Gasteiger partial charge in [-0.2, -0.15) is 13.2 Å². The molecule has 0 fully saturated rings. The Hall–Kier alpha value is -3.35. The van der Waals surface area contributed by atoms with E-state index in [1.807, 2.05) is 31.2 Å². The molecule has 0 atom stereocenters. The van der Waals surface area contributed by atoms with E-state index in [4.69, 9.17) is 11.6 Å². The van der Waals surface area contributed by atoms with Crippen LogP contribution in [0.5, 0.6) is 0 Å². The van der Waals surface area contributed by atoms with Gasteiger partial charge in [-0.1, -0.05) is 41.6 Å². The summed E-state index contributed by atoms with van der Waals surface area (Å²) in [4.78, 5) is 25.5. The number of nitrogens with one attached hydrogen (secondary N) is 2. The molecule has 0 unspecified atom stereocenters. The first-order valence-corrected chi connectivity index (χ1v) is 13.0. The summed E-state index contributed by atoms with van der Waals surface area (Å²) in [5.41, 5.74) is 0.648. The normalized spacial score (nSPS) is 11.4. The van der Waals surface area contributed by atoms with Gasteiger partial charge in [-0.15, -0.1) is 21.5 Å². The quantitative estimate of drug-likeness (QED) is 0.257. The smallest absolute Gasteiger partial charge is 0.344 e. The number of aryl methyl sites for hydroxylation is 1. The lowest BCUT2D eigenvalue weighted by atomic mass is 10.2. The van der Waals surface area contributed by atoms with Gasteiger partial charge in [-0.25, -0.2) is 0 Å². The molecule has 192 valence electrons. The third-order valence-corrected chi connectivity index (χ3v) is 7.14. The van der Waals surface area contributed by atoms with Crippen molar-refractivity contribution in [3.63, 3.8) is 0 Å². The summed E-state index contributed by atoms with van der Waals surface area (Å²) in [6, 6.07) is 13.7. The van der Waals surface area contributed by atoms with Crippen molar-refractivity contribution in [1.29, 1.82) is 0 Å². The van der Waals surface area contributed by atoms with Crippen LogP contribution in [-0.2, 0) is 17.5 Å². The first-order valence-electron chi connectivity index (χ1n) is 10.7. The Kier molecular flexibility index (Phi) is 8.20. The van der Waals surface area contributed by atoms with Gasteiger partial charge in [0.1, 0.15) is 0 Å². The molecule has 2 N–H and O–H groups in total. The molecular weight excluding hydrogens is 547 g/mol. The van der Waals surface area contributed by atoms with Crippen LogP contribution < -0.4 is 10.6 Å². The van der Waals surface area contributed by atoms with Gasteiger partial charge in [-0.3, -0.25) is 14.2 Å². The Morgan fingerprint density at radius 3 is 2.62 bits per heavy atom. The molecule has 13 heteroatoms. The summed E-state index contributed by atoms with van der Waals surface area (Å²) in [5.74, 6) is -0.546. The highest BCUT2D eigenvalue weighted by Gasteiger charge is 2.31. The van der Waals surface area contributed by atoms with Crippen molar-refractivity contribution in [2.75, 3.05) is 11.1 Å². The molecular formula is C24H19ClF3N5O2S2. The predicted octanol–water partition coefficient (Wildman–Crippen LogP) is 5.97. The molecule has 7 nitrogen and oxygen atoms in total. The van der Waals surface area contributed by atoms with Gasteiger partial charge in [0.15, 0.2) is 11.0 Å². The maximum atomic E-state index is 13.0. The Morgan fingerprint density at radius 2 is 1.92 bits per heavy atom. The van der Waals surface area contributed by atoms with Crippen LogP contribution in [0.3, 0.4) is 0 Å². The van der Waals surface area contributed by atoms with Crippen LogP contribution in [0.1, 0.15) is 26.6 Å². The summed E-state index contributed by atoms with van der Waals surface area (Å²) in [6.45, 7) is 2.01. The van der Waals surface area contributed by atoms with E-state index in [1.165, 1.54) is 11.3 Å². The summed E-state index contributed by atoms with van der Waals surface area (Å²) in [5, 5.41) is 15.8. The zero-order valence-corrected chi connectivity index (χ0v) is 21.6. The van der Waals surface area contributed by atoms with E-state index in [0.717, 1.165) is 41.2 Å². The Morgan fingerprint density at radius 1 is 1.11 bits per heavy atom. The molecule has 0 aliphatic carbocycles. The van der Waals surface area contributed by atoms with Crippen molar-refractivity contribution in [2.45, 2.75) is 24.8 Å². The van der Waals surface area contributed by atoms with E-state index < -0.39 is 17.6 Å². The maximum absolute atomic E-state index is 13.0. The molecule has 2 heterocycles. The second kappa shape index (κ2) is 11.4. The van der Waals surface area contributed by atoms with Gasteiger partial charge in [0, 0.05) is 5.69 Å². The second-order valence-electron chi connectivity index (χ2n) is 7.76. The third-order valence-electron chi connectivity index (χ3n) is 5.01. The zero-order chi connectivity index (χ0) is 26.6. The third kappa shape index (κ3) is 6.70. The van der Waals surface area contributed by atoms with Crippen LogP contribution in [0.25, 0.3) is 5.69 Å². The lowest BCUT2D eigenvalue weighted by molar-refractivity contribution is -0.137. The standard InChI is InChI=1S/C24H19ClF3N5O2S2/c1-14-4-2-5-16(10-14)33-20(12-29-22(35)19-6-3-9-36-19)31-32-23(33)37-13-21(34)30-18-11-15(24(26,27)28)7-8-17(18)25/h2-11H,12-13H2,1H3,(H,29,35)(H,30,34). The van der Waals surface area contributed by atoms with Crippen LogP contribution in [0.4, 0.5) is 18.9 Å². The Labute approximate surface area is 223 Å². The molecule has 0 aliphatic rings. The van der Waals surface area contributed by atoms with E-state index in [0.29, 0.717) is 15.9 Å². The fourth-order valence-corrected chi connectivity index (χ4v) is 4.88. The molecule has 4 aromatic rings. The molecule has 0 aliphatic heterocycles. The fourth-order valence-electron chi connectivity index (χ4n) is 3.30. The summed E-state index contributed by atoms with van der Waals surface area (Å²) < 4.78 is 40.8. The van der Waals surface area contributed by atoms with E-state index in [2.05, 4.69) is 20.8 Å². The Bertz CT molecular complexity index is 1420. The number of rotatable bonds is 8. The highest BCUT2D eigenvalue weighted by atomic mass is 35.5. The number of halogens is 4. The fraction of sp³-hybridized carbons (Fsp3) is 0.167. The van der Waals surface area contributed by atoms with Gasteiger partial charge < -0.3 is 10.6 Å². The van der Waals surface area contributed by atoms with Crippen molar-refractivity contribution >= 4 is 52.2 Å². The van der Waals surface area contributed by atoms with E-state index in [9.17, 15) is 22.8 Å². The number of thioether (sulfide) groups is 1. The monoisotopic (exact) mass is 565 g/mol. The number of nitrogens with zero attached hydrogens (tertiary/aromatic N) is 3. The lowest BCUT2D eigenvalue weighted by Crippen LogP contribution is -2.24. The van der Waals surface area contributed by atoms with E-state index in [-0.39, 0.29) is 28.9 Å². The van der Waals surface area contributed by atoms with Crippen molar-refractivity contribution in [1.82, 2.24) is 20.1 Å². The molecule has 37 heavy (non-hydrogen) atoms. The SMILES string of the molecule is Cc1cccc(-n2c(CNC(=O)c3cccs3)nnc2SCC(=O)Nc2cc(C(F)(F)F)ccc2Cl)c1. The number of carbonyl (C=O) groups is 2. The van der Waals surface area contributed by atoms with Crippen molar-refractivity contribution in [3.8, 4) is 5.69 Å². The molecule has 2 amide bonds. The average Bonchev–Trinajstić information content (AvgIpc) is 3.52. The minimum absolute atomic E-state index is 0.0157. The number of amides is 2. The van der Waals surface area contributed by atoms with Gasteiger partial charge in [0.25, 0.3) is 5.91 Å². The zero-order valence-electron chi connectivity index (χ0n) is 19.2. The average molecular weight is 566 g/mol. The highest BCUT2D eigenvalue weighted by molar-refractivity contribution is 7.99.